The summed E-state index contributed by atoms with van der Waals surface area (Å²) in [5.74, 6) is -2.20. The molecule has 6 nitrogen and oxygen atoms in total. The fourth-order valence-electron chi connectivity index (χ4n) is 6.00. The Labute approximate surface area is 186 Å². The molecular weight excluding hydrogens is 406 g/mol. The van der Waals surface area contributed by atoms with Crippen LogP contribution in [0.4, 0.5) is 0 Å². The number of aryl methyl sites for hydroxylation is 1. The zero-order valence-corrected chi connectivity index (χ0v) is 18.3. The zero-order chi connectivity index (χ0) is 22.9. The van der Waals surface area contributed by atoms with Crippen molar-refractivity contribution in [3.05, 3.63) is 63.8 Å². The fourth-order valence-corrected chi connectivity index (χ4v) is 6.00. The molecule has 1 aromatic carbocycles. The minimum atomic E-state index is -0.508. The van der Waals surface area contributed by atoms with Gasteiger partial charge in [0.05, 0.1) is 11.8 Å². The number of carbonyl (C=O) groups is 4. The van der Waals surface area contributed by atoms with Crippen LogP contribution in [0.5, 0.6) is 5.75 Å². The number of imide groups is 1. The molecule has 5 rings (SSSR count). The van der Waals surface area contributed by atoms with E-state index < -0.39 is 17.8 Å². The molecule has 4 aliphatic rings. The number of likely N-dealkylation sites (tertiary alicyclic amines) is 1. The van der Waals surface area contributed by atoms with Crippen LogP contribution in [0, 0.1) is 24.7 Å². The van der Waals surface area contributed by atoms with Crippen LogP contribution in [0.15, 0.2) is 52.6 Å². The molecule has 0 radical (unpaired) electrons. The molecule has 1 heterocycles. The normalized spacial score (nSPS) is 29.5. The van der Waals surface area contributed by atoms with Crippen LogP contribution in [0.1, 0.15) is 43.7 Å². The van der Waals surface area contributed by atoms with Gasteiger partial charge >= 0.3 is 0 Å². The molecule has 0 aromatic heterocycles. The Kier molecular flexibility index (Phi) is 4.59. The Balaban J connectivity index is 1.71. The molecule has 1 saturated heterocycles. The molecule has 1 aliphatic heterocycles. The van der Waals surface area contributed by atoms with Crippen LogP contribution in [0.2, 0.25) is 0 Å². The number of carbonyl (C=O) groups excluding carboxylic acids is 4. The quantitative estimate of drug-likeness (QED) is 0.441. The summed E-state index contributed by atoms with van der Waals surface area (Å²) in [6.45, 7) is 5.56. The smallest absolute Gasteiger partial charge is 0.233 e. The summed E-state index contributed by atoms with van der Waals surface area (Å²) < 4.78 is 0. The summed E-state index contributed by atoms with van der Waals surface area (Å²) in [6, 6.07) is 5.21. The van der Waals surface area contributed by atoms with E-state index in [1.54, 1.807) is 32.9 Å². The zero-order valence-electron chi connectivity index (χ0n) is 18.3. The number of aromatic hydroxyl groups is 1. The van der Waals surface area contributed by atoms with Crippen molar-refractivity contribution in [2.24, 2.45) is 17.8 Å². The monoisotopic (exact) mass is 431 g/mol. The molecule has 1 N–H and O–H groups in total. The van der Waals surface area contributed by atoms with Crippen LogP contribution in [-0.4, -0.2) is 39.9 Å². The maximum atomic E-state index is 13.2. The molecule has 4 unspecified atom stereocenters. The highest BCUT2D eigenvalue weighted by molar-refractivity contribution is 6.23. The van der Waals surface area contributed by atoms with E-state index in [-0.39, 0.29) is 35.0 Å². The summed E-state index contributed by atoms with van der Waals surface area (Å²) in [7, 11) is 0. The topological polar surface area (TPSA) is 91.8 Å². The standard InChI is InChI=1S/C26H25NO5/c1-4-27-25(31)16-7-6-15-17(22(16)26(27)32)11-18-23(20(29)10-13(3)24(18)30)21(15)14-5-8-19(28)12(2)9-14/h5-6,8-10,16-17,21-22,28H,4,7,11H2,1-3H3. The average Bonchev–Trinajstić information content (AvgIpc) is 3.02. The maximum Gasteiger partial charge on any atom is 0.233 e. The number of Topliss-reactive ketones (excluding diaryl/α,β-unsaturated/α-hetero) is 1. The van der Waals surface area contributed by atoms with Crippen molar-refractivity contribution in [1.29, 1.82) is 0 Å². The van der Waals surface area contributed by atoms with Crippen LogP contribution in [0.3, 0.4) is 0 Å². The Morgan fingerprint density at radius 2 is 1.81 bits per heavy atom. The van der Waals surface area contributed by atoms with Crippen molar-refractivity contribution in [1.82, 2.24) is 4.90 Å². The number of amides is 2. The molecule has 0 spiro atoms. The summed E-state index contributed by atoms with van der Waals surface area (Å²) >= 11 is 0. The predicted octanol–water partition coefficient (Wildman–Crippen LogP) is 3.15. The lowest BCUT2D eigenvalue weighted by atomic mass is 9.59. The molecule has 32 heavy (non-hydrogen) atoms. The Hall–Kier alpha value is -3.28. The van der Waals surface area contributed by atoms with E-state index in [1.807, 2.05) is 12.1 Å². The Morgan fingerprint density at radius 3 is 2.50 bits per heavy atom. The Morgan fingerprint density at radius 1 is 1.06 bits per heavy atom. The number of phenols is 1. The van der Waals surface area contributed by atoms with Crippen molar-refractivity contribution in [3.8, 4) is 5.75 Å². The van der Waals surface area contributed by atoms with E-state index in [0.717, 1.165) is 11.1 Å². The van der Waals surface area contributed by atoms with Crippen molar-refractivity contribution in [2.75, 3.05) is 6.54 Å². The van der Waals surface area contributed by atoms with Crippen molar-refractivity contribution in [2.45, 2.75) is 39.5 Å². The van der Waals surface area contributed by atoms with Gasteiger partial charge in [0.1, 0.15) is 5.75 Å². The average molecular weight is 431 g/mol. The molecule has 6 heteroatoms. The lowest BCUT2D eigenvalue weighted by Crippen LogP contribution is -2.39. The number of benzene rings is 1. The second-order valence-corrected chi connectivity index (χ2v) is 9.20. The first kappa shape index (κ1) is 20.6. The molecule has 4 atom stereocenters. The molecule has 2 amide bonds. The molecular formula is C26H25NO5. The summed E-state index contributed by atoms with van der Waals surface area (Å²) in [5.41, 5.74) is 3.74. The van der Waals surface area contributed by atoms with Crippen molar-refractivity contribution >= 4 is 23.4 Å². The predicted molar refractivity (Wildman–Crippen MR) is 117 cm³/mol. The van der Waals surface area contributed by atoms with Crippen LogP contribution >= 0.6 is 0 Å². The molecule has 164 valence electrons. The van der Waals surface area contributed by atoms with Gasteiger partial charge in [-0.2, -0.15) is 0 Å². The van der Waals surface area contributed by atoms with Gasteiger partial charge in [-0.1, -0.05) is 23.8 Å². The molecule has 1 fully saturated rings. The van der Waals surface area contributed by atoms with Gasteiger partial charge in [-0.3, -0.25) is 24.1 Å². The molecule has 0 bridgehead atoms. The third-order valence-corrected chi connectivity index (χ3v) is 7.52. The third kappa shape index (κ3) is 2.71. The fraction of sp³-hybridized carbons (Fsp3) is 0.385. The number of ketones is 2. The van der Waals surface area contributed by atoms with Crippen molar-refractivity contribution in [3.63, 3.8) is 0 Å². The summed E-state index contributed by atoms with van der Waals surface area (Å²) in [6.07, 6.45) is 4.15. The van der Waals surface area contributed by atoms with Gasteiger partial charge < -0.3 is 5.11 Å². The van der Waals surface area contributed by atoms with Crippen molar-refractivity contribution < 1.29 is 24.3 Å². The summed E-state index contributed by atoms with van der Waals surface area (Å²) in [5, 5.41) is 10.0. The second-order valence-electron chi connectivity index (χ2n) is 9.20. The van der Waals surface area contributed by atoms with E-state index in [2.05, 4.69) is 0 Å². The number of hydrogen-bond acceptors (Lipinski definition) is 5. The van der Waals surface area contributed by atoms with E-state index in [4.69, 9.17) is 0 Å². The molecule has 1 aromatic rings. The molecule has 3 aliphatic carbocycles. The SMILES string of the molecule is CCN1C(=O)C2CC=C3C(c4ccc(O)c(C)c4)C4=C(CC3C2C1=O)C(=O)C(C)=CC4=O. The van der Waals surface area contributed by atoms with Gasteiger partial charge in [0, 0.05) is 29.2 Å². The van der Waals surface area contributed by atoms with Gasteiger partial charge in [0.15, 0.2) is 11.6 Å². The Bertz CT molecular complexity index is 1200. The number of hydrogen-bond donors (Lipinski definition) is 1. The number of rotatable bonds is 2. The van der Waals surface area contributed by atoms with E-state index in [9.17, 15) is 24.3 Å². The minimum absolute atomic E-state index is 0.142. The number of fused-ring (bicyclic) bond motifs is 3. The maximum absolute atomic E-state index is 13.2. The van der Waals surface area contributed by atoms with E-state index in [1.165, 1.54) is 11.0 Å². The van der Waals surface area contributed by atoms with Gasteiger partial charge in [0.25, 0.3) is 0 Å². The molecule has 0 saturated carbocycles. The number of nitrogens with zero attached hydrogens (tertiary/aromatic N) is 1. The minimum Gasteiger partial charge on any atom is -0.508 e. The van der Waals surface area contributed by atoms with E-state index >= 15 is 0 Å². The van der Waals surface area contributed by atoms with Crippen LogP contribution in [0.25, 0.3) is 0 Å². The number of phenolic OH excluding ortho intramolecular Hbond substituents is 1. The number of allylic oxidation sites excluding steroid dienone is 6. The second kappa shape index (κ2) is 7.12. The highest BCUT2D eigenvalue weighted by Gasteiger charge is 2.55. The first-order chi connectivity index (χ1) is 15.2. The lowest BCUT2D eigenvalue weighted by molar-refractivity contribution is -0.139. The van der Waals surface area contributed by atoms with Gasteiger partial charge in [-0.15, -0.1) is 0 Å². The highest BCUT2D eigenvalue weighted by atomic mass is 16.3. The first-order valence-corrected chi connectivity index (χ1v) is 11.1. The summed E-state index contributed by atoms with van der Waals surface area (Å²) in [4.78, 5) is 53.7. The van der Waals surface area contributed by atoms with Crippen LogP contribution in [-0.2, 0) is 19.2 Å². The first-order valence-electron chi connectivity index (χ1n) is 11.1. The van der Waals surface area contributed by atoms with Crippen LogP contribution < -0.4 is 0 Å². The lowest BCUT2D eigenvalue weighted by Gasteiger charge is -2.42. The largest absolute Gasteiger partial charge is 0.508 e. The van der Waals surface area contributed by atoms with Gasteiger partial charge in [-0.05, 0) is 62.8 Å². The highest BCUT2D eigenvalue weighted by Crippen LogP contribution is 2.55. The van der Waals surface area contributed by atoms with Gasteiger partial charge in [0.2, 0.25) is 11.8 Å². The van der Waals surface area contributed by atoms with Gasteiger partial charge in [-0.25, -0.2) is 0 Å². The third-order valence-electron chi connectivity index (χ3n) is 7.52. The van der Waals surface area contributed by atoms with E-state index in [0.29, 0.717) is 41.7 Å².